The van der Waals surface area contributed by atoms with Crippen LogP contribution in [-0.4, -0.2) is 39.3 Å². The van der Waals surface area contributed by atoms with E-state index >= 15 is 0 Å². The van der Waals surface area contributed by atoms with E-state index in [2.05, 4.69) is 4.99 Å². The molecule has 2 aliphatic heterocycles. The van der Waals surface area contributed by atoms with Gasteiger partial charge in [-0.15, -0.1) is 0 Å². The molecule has 0 aliphatic carbocycles. The van der Waals surface area contributed by atoms with E-state index in [0.29, 0.717) is 36.3 Å². The van der Waals surface area contributed by atoms with E-state index in [4.69, 9.17) is 18.9 Å². The summed E-state index contributed by atoms with van der Waals surface area (Å²) < 4.78 is 21.1. The van der Waals surface area contributed by atoms with Crippen LogP contribution in [0, 0.1) is 5.92 Å². The molecular weight excluding hydrogens is 298 g/mol. The Labute approximate surface area is 134 Å². The number of benzene rings is 1. The number of hydrogen-bond donors (Lipinski definition) is 0. The van der Waals surface area contributed by atoms with Gasteiger partial charge in [0.05, 0.1) is 14.2 Å². The van der Waals surface area contributed by atoms with Crippen LogP contribution in [0.2, 0.25) is 0 Å². The van der Waals surface area contributed by atoms with Crippen molar-refractivity contribution in [1.29, 1.82) is 0 Å². The van der Waals surface area contributed by atoms with Crippen molar-refractivity contribution in [2.75, 3.05) is 27.4 Å². The Morgan fingerprint density at radius 2 is 1.91 bits per heavy atom. The first-order chi connectivity index (χ1) is 11.2. The van der Waals surface area contributed by atoms with Crippen LogP contribution in [0.5, 0.6) is 11.5 Å². The van der Waals surface area contributed by atoms with Crippen LogP contribution < -0.4 is 9.47 Å². The number of esters is 1. The maximum Gasteiger partial charge on any atom is 0.363 e. The molecular formula is C17H19NO5. The Morgan fingerprint density at radius 1 is 1.17 bits per heavy atom. The summed E-state index contributed by atoms with van der Waals surface area (Å²) in [6, 6.07) is 5.42. The summed E-state index contributed by atoms with van der Waals surface area (Å²) in [7, 11) is 3.15. The molecule has 0 unspecified atom stereocenters. The molecule has 0 radical (unpaired) electrons. The molecule has 1 saturated heterocycles. The van der Waals surface area contributed by atoms with Gasteiger partial charge in [-0.25, -0.2) is 9.79 Å². The Balaban J connectivity index is 1.83. The van der Waals surface area contributed by atoms with E-state index < -0.39 is 5.97 Å². The maximum absolute atomic E-state index is 12.0. The number of carbonyl (C=O) groups excluding carboxylic acids is 1. The van der Waals surface area contributed by atoms with E-state index in [0.717, 1.165) is 18.4 Å². The Morgan fingerprint density at radius 3 is 2.61 bits per heavy atom. The summed E-state index contributed by atoms with van der Waals surface area (Å²) in [5.74, 6) is 1.48. The third-order valence-electron chi connectivity index (χ3n) is 3.92. The molecule has 0 saturated carbocycles. The summed E-state index contributed by atoms with van der Waals surface area (Å²) in [6.07, 6.45) is 3.35. The fourth-order valence-corrected chi connectivity index (χ4v) is 2.65. The maximum atomic E-state index is 12.0. The van der Waals surface area contributed by atoms with Crippen LogP contribution in [0.4, 0.5) is 0 Å². The molecule has 2 aliphatic rings. The van der Waals surface area contributed by atoms with Gasteiger partial charge in [0.1, 0.15) is 0 Å². The van der Waals surface area contributed by atoms with Crippen LogP contribution >= 0.6 is 0 Å². The lowest BCUT2D eigenvalue weighted by molar-refractivity contribution is -0.130. The average molecular weight is 317 g/mol. The number of ether oxygens (including phenoxy) is 4. The number of methoxy groups -OCH3 is 2. The van der Waals surface area contributed by atoms with Gasteiger partial charge in [-0.1, -0.05) is 6.07 Å². The fourth-order valence-electron chi connectivity index (χ4n) is 2.65. The number of aliphatic imine (C=N–C) groups is 1. The minimum absolute atomic E-state index is 0.156. The molecule has 1 aromatic rings. The molecule has 3 rings (SSSR count). The molecule has 0 atom stereocenters. The number of nitrogens with zero attached hydrogens (tertiary/aromatic N) is 1. The van der Waals surface area contributed by atoms with Crippen molar-refractivity contribution < 1.29 is 23.7 Å². The molecule has 0 amide bonds. The molecule has 23 heavy (non-hydrogen) atoms. The predicted molar refractivity (Wildman–Crippen MR) is 84.6 cm³/mol. The van der Waals surface area contributed by atoms with Crippen LogP contribution in [-0.2, 0) is 14.3 Å². The van der Waals surface area contributed by atoms with E-state index in [1.807, 2.05) is 6.07 Å². The molecule has 0 spiro atoms. The van der Waals surface area contributed by atoms with Gasteiger partial charge < -0.3 is 18.9 Å². The Hall–Kier alpha value is -2.34. The fraction of sp³-hybridized carbons (Fsp3) is 0.412. The third-order valence-corrected chi connectivity index (χ3v) is 3.92. The second kappa shape index (κ2) is 6.83. The average Bonchev–Trinajstić information content (AvgIpc) is 2.96. The number of cyclic esters (lactones) is 1. The van der Waals surface area contributed by atoms with Gasteiger partial charge in [0.25, 0.3) is 0 Å². The summed E-state index contributed by atoms with van der Waals surface area (Å²) in [5, 5.41) is 0. The standard InChI is InChI=1S/C17H19NO5/c1-20-14-4-3-11(10-15(14)21-2)9-13-17(19)23-16(18-13)12-5-7-22-8-6-12/h3-4,9-10,12H,5-8H2,1-2H3/b13-9+. The largest absolute Gasteiger partial charge is 0.493 e. The summed E-state index contributed by atoms with van der Waals surface area (Å²) in [5.41, 5.74) is 1.10. The predicted octanol–water partition coefficient (Wildman–Crippen LogP) is 2.43. The zero-order valence-electron chi connectivity index (χ0n) is 13.2. The van der Waals surface area contributed by atoms with Gasteiger partial charge in [-0.3, -0.25) is 0 Å². The highest BCUT2D eigenvalue weighted by molar-refractivity contribution is 6.07. The van der Waals surface area contributed by atoms with Crippen molar-refractivity contribution in [2.24, 2.45) is 10.9 Å². The van der Waals surface area contributed by atoms with Gasteiger partial charge in [-0.05, 0) is 36.6 Å². The summed E-state index contributed by atoms with van der Waals surface area (Å²) in [6.45, 7) is 1.35. The highest BCUT2D eigenvalue weighted by Gasteiger charge is 2.30. The van der Waals surface area contributed by atoms with Crippen molar-refractivity contribution in [2.45, 2.75) is 12.8 Å². The van der Waals surface area contributed by atoms with Crippen molar-refractivity contribution >= 4 is 17.9 Å². The van der Waals surface area contributed by atoms with Gasteiger partial charge >= 0.3 is 5.97 Å². The molecule has 0 bridgehead atoms. The van der Waals surface area contributed by atoms with Crippen molar-refractivity contribution in [3.8, 4) is 11.5 Å². The van der Waals surface area contributed by atoms with Gasteiger partial charge in [0.2, 0.25) is 5.90 Å². The second-order valence-electron chi connectivity index (χ2n) is 5.37. The number of carbonyl (C=O) groups is 1. The minimum Gasteiger partial charge on any atom is -0.493 e. The first-order valence-corrected chi connectivity index (χ1v) is 7.53. The Kier molecular flexibility index (Phi) is 4.62. The normalized spacial score (nSPS) is 20.3. The van der Waals surface area contributed by atoms with Gasteiger partial charge in [-0.2, -0.15) is 0 Å². The van der Waals surface area contributed by atoms with Gasteiger partial charge in [0, 0.05) is 19.1 Å². The highest BCUT2D eigenvalue weighted by Crippen LogP contribution is 2.30. The van der Waals surface area contributed by atoms with E-state index in [1.54, 1.807) is 32.4 Å². The zero-order chi connectivity index (χ0) is 16.2. The first-order valence-electron chi connectivity index (χ1n) is 7.53. The van der Waals surface area contributed by atoms with E-state index in [1.165, 1.54) is 0 Å². The lowest BCUT2D eigenvalue weighted by atomic mass is 10.0. The molecule has 1 aromatic carbocycles. The minimum atomic E-state index is -0.415. The Bertz CT molecular complexity index is 659. The lowest BCUT2D eigenvalue weighted by Gasteiger charge is -2.20. The quantitative estimate of drug-likeness (QED) is 0.630. The third kappa shape index (κ3) is 3.37. The molecule has 1 fully saturated rings. The smallest absolute Gasteiger partial charge is 0.363 e. The van der Waals surface area contributed by atoms with Crippen molar-refractivity contribution in [3.05, 3.63) is 29.5 Å². The van der Waals surface area contributed by atoms with Crippen molar-refractivity contribution in [3.63, 3.8) is 0 Å². The number of hydrogen-bond acceptors (Lipinski definition) is 6. The molecule has 2 heterocycles. The van der Waals surface area contributed by atoms with Crippen LogP contribution in [0.3, 0.4) is 0 Å². The summed E-state index contributed by atoms with van der Waals surface area (Å²) >= 11 is 0. The van der Waals surface area contributed by atoms with Crippen molar-refractivity contribution in [1.82, 2.24) is 0 Å². The van der Waals surface area contributed by atoms with Crippen LogP contribution in [0.25, 0.3) is 6.08 Å². The highest BCUT2D eigenvalue weighted by atomic mass is 16.6. The van der Waals surface area contributed by atoms with E-state index in [9.17, 15) is 4.79 Å². The molecule has 122 valence electrons. The van der Waals surface area contributed by atoms with E-state index in [-0.39, 0.29) is 5.92 Å². The topological polar surface area (TPSA) is 66.3 Å². The van der Waals surface area contributed by atoms with Crippen LogP contribution in [0.15, 0.2) is 28.9 Å². The number of rotatable bonds is 4. The van der Waals surface area contributed by atoms with Gasteiger partial charge in [0.15, 0.2) is 17.2 Å². The lowest BCUT2D eigenvalue weighted by Crippen LogP contribution is -2.24. The second-order valence-corrected chi connectivity index (χ2v) is 5.37. The first kappa shape index (κ1) is 15.6. The zero-order valence-corrected chi connectivity index (χ0v) is 13.2. The molecule has 0 aromatic heterocycles. The SMILES string of the molecule is COc1ccc(/C=C2/N=C(C3CCOCC3)OC2=O)cc1OC. The monoisotopic (exact) mass is 317 g/mol. The molecule has 0 N–H and O–H groups in total. The molecule has 6 heteroatoms. The van der Waals surface area contributed by atoms with Crippen LogP contribution in [0.1, 0.15) is 18.4 Å². The molecule has 6 nitrogen and oxygen atoms in total. The summed E-state index contributed by atoms with van der Waals surface area (Å²) in [4.78, 5) is 16.4.